The van der Waals surface area contributed by atoms with E-state index in [1.807, 2.05) is 12.1 Å². The summed E-state index contributed by atoms with van der Waals surface area (Å²) in [6.07, 6.45) is 8.41. The normalized spacial score (nSPS) is 13.3. The van der Waals surface area contributed by atoms with Crippen LogP contribution in [0.4, 0.5) is 5.82 Å². The molecular weight excluding hydrogens is 548 g/mol. The van der Waals surface area contributed by atoms with Crippen LogP contribution < -0.4 is 20.5 Å². The molecule has 0 atom stereocenters. The number of carbonyl (C=O) groups is 2. The third-order valence-electron chi connectivity index (χ3n) is 7.95. The van der Waals surface area contributed by atoms with E-state index < -0.39 is 0 Å². The number of aromatic nitrogens is 1. The average molecular weight is 579 g/mol. The Morgan fingerprint density at radius 3 is 2.60 bits per heavy atom. The molecule has 0 radical (unpaired) electrons. The van der Waals surface area contributed by atoms with E-state index in [9.17, 15) is 9.59 Å². The Morgan fingerprint density at radius 2 is 1.76 bits per heavy atom. The van der Waals surface area contributed by atoms with Gasteiger partial charge in [-0.25, -0.2) is 4.98 Å². The number of anilines is 1. The van der Waals surface area contributed by atoms with E-state index in [-0.39, 0.29) is 18.3 Å². The van der Waals surface area contributed by atoms with Gasteiger partial charge >= 0.3 is 0 Å². The number of hydrogen-bond acceptors (Lipinski definition) is 5. The van der Waals surface area contributed by atoms with Gasteiger partial charge in [-0.05, 0) is 101 Å². The molecule has 0 fully saturated rings. The van der Waals surface area contributed by atoms with E-state index in [2.05, 4.69) is 34.6 Å². The van der Waals surface area contributed by atoms with E-state index in [1.165, 1.54) is 22.5 Å². The second kappa shape index (κ2) is 12.3. The van der Waals surface area contributed by atoms with E-state index in [0.29, 0.717) is 48.6 Å². The Bertz CT molecular complexity index is 1900. The van der Waals surface area contributed by atoms with Crippen LogP contribution >= 0.6 is 11.6 Å². The number of carbonyl (C=O) groups excluding carboxylic acids is 2. The fraction of sp³-hybridized carbons (Fsp3) is 0.229. The molecule has 3 aromatic carbocycles. The SMILES string of the molecule is O=C(C1=c2ccc3c(c2CCC1)CC=c1c(Cl)cccc1=3)c1ccc(NC(=O)c2ccccc2OCCCCO)nc1. The molecule has 1 heterocycles. The zero-order valence-corrected chi connectivity index (χ0v) is 23.9. The van der Waals surface area contributed by atoms with Crippen molar-refractivity contribution >= 4 is 40.8 Å². The van der Waals surface area contributed by atoms with Crippen molar-refractivity contribution < 1.29 is 19.4 Å². The first-order valence-electron chi connectivity index (χ1n) is 14.3. The van der Waals surface area contributed by atoms with Gasteiger partial charge in [0.2, 0.25) is 0 Å². The number of nitrogens with one attached hydrogen (secondary N) is 1. The molecule has 2 aliphatic rings. The first-order chi connectivity index (χ1) is 20.5. The van der Waals surface area contributed by atoms with Crippen LogP contribution in [0.5, 0.6) is 5.75 Å². The summed E-state index contributed by atoms with van der Waals surface area (Å²) >= 11 is 6.47. The monoisotopic (exact) mass is 578 g/mol. The lowest BCUT2D eigenvalue weighted by atomic mass is 9.84. The van der Waals surface area contributed by atoms with Crippen LogP contribution in [-0.2, 0) is 12.8 Å². The van der Waals surface area contributed by atoms with E-state index in [1.54, 1.807) is 36.4 Å². The molecule has 0 aliphatic heterocycles. The van der Waals surface area contributed by atoms with Crippen molar-refractivity contribution in [2.24, 2.45) is 0 Å². The average Bonchev–Trinajstić information content (AvgIpc) is 3.03. The number of rotatable bonds is 9. The van der Waals surface area contributed by atoms with Crippen molar-refractivity contribution in [3.8, 4) is 5.75 Å². The maximum absolute atomic E-state index is 13.7. The number of nitrogens with zero attached hydrogens (tertiary/aromatic N) is 1. The van der Waals surface area contributed by atoms with E-state index in [4.69, 9.17) is 21.4 Å². The molecule has 1 amide bonds. The lowest BCUT2D eigenvalue weighted by Crippen LogP contribution is -2.26. The third-order valence-corrected chi connectivity index (χ3v) is 8.28. The minimum atomic E-state index is -0.348. The van der Waals surface area contributed by atoms with Crippen molar-refractivity contribution in [1.82, 2.24) is 4.98 Å². The minimum absolute atomic E-state index is 0.0360. The predicted molar refractivity (Wildman–Crippen MR) is 164 cm³/mol. The van der Waals surface area contributed by atoms with Gasteiger partial charge in [0.1, 0.15) is 11.6 Å². The highest BCUT2D eigenvalue weighted by atomic mass is 35.5. The molecule has 7 heteroatoms. The summed E-state index contributed by atoms with van der Waals surface area (Å²) in [6, 6.07) is 20.6. The lowest BCUT2D eigenvalue weighted by Gasteiger charge is -2.20. The minimum Gasteiger partial charge on any atom is -0.493 e. The Hall–Kier alpha value is -4.26. The number of benzene rings is 3. The zero-order chi connectivity index (χ0) is 29.1. The lowest BCUT2D eigenvalue weighted by molar-refractivity contribution is 0.102. The van der Waals surface area contributed by atoms with Gasteiger partial charge in [0, 0.05) is 29.0 Å². The van der Waals surface area contributed by atoms with Gasteiger partial charge < -0.3 is 15.2 Å². The van der Waals surface area contributed by atoms with Gasteiger partial charge in [0.25, 0.3) is 5.91 Å². The molecule has 0 unspecified atom stereocenters. The Labute approximate surface area is 248 Å². The first kappa shape index (κ1) is 27.9. The van der Waals surface area contributed by atoms with Crippen molar-refractivity contribution in [3.05, 3.63) is 121 Å². The number of para-hydroxylation sites is 1. The number of aliphatic hydroxyl groups excluding tert-OH is 1. The highest BCUT2D eigenvalue weighted by Crippen LogP contribution is 2.25. The first-order valence-corrected chi connectivity index (χ1v) is 14.7. The molecule has 2 N–H and O–H groups in total. The van der Waals surface area contributed by atoms with Crippen LogP contribution in [0.2, 0.25) is 5.02 Å². The molecule has 0 bridgehead atoms. The molecule has 0 spiro atoms. The number of hydrogen-bond donors (Lipinski definition) is 2. The van der Waals surface area contributed by atoms with Gasteiger partial charge in [-0.3, -0.25) is 9.59 Å². The summed E-state index contributed by atoms with van der Waals surface area (Å²) in [7, 11) is 0. The van der Waals surface area contributed by atoms with Crippen LogP contribution in [0, 0.1) is 10.4 Å². The van der Waals surface area contributed by atoms with Crippen molar-refractivity contribution in [1.29, 1.82) is 0 Å². The molecule has 6 rings (SSSR count). The summed E-state index contributed by atoms with van der Waals surface area (Å²) in [5.74, 6) is 0.437. The Morgan fingerprint density at radius 1 is 0.905 bits per heavy atom. The summed E-state index contributed by atoms with van der Waals surface area (Å²) in [6.45, 7) is 0.511. The number of pyridine rings is 1. The quantitative estimate of drug-likeness (QED) is 0.212. The van der Waals surface area contributed by atoms with Crippen LogP contribution in [0.25, 0.3) is 11.6 Å². The van der Waals surface area contributed by atoms with Crippen LogP contribution in [-0.4, -0.2) is 35.0 Å². The number of amides is 1. The highest BCUT2D eigenvalue weighted by Gasteiger charge is 2.21. The molecule has 4 aromatic rings. The maximum Gasteiger partial charge on any atom is 0.260 e. The molecule has 0 saturated heterocycles. The van der Waals surface area contributed by atoms with Gasteiger partial charge in [0.05, 0.1) is 12.2 Å². The molecule has 212 valence electrons. The smallest absolute Gasteiger partial charge is 0.260 e. The summed E-state index contributed by atoms with van der Waals surface area (Å²) in [5, 5.41) is 17.0. The number of ether oxygens (including phenoxy) is 1. The number of Topliss-reactive ketones (excluding diaryl/α,β-unsaturated/α-hetero) is 1. The number of aliphatic hydroxyl groups is 1. The molecular formula is C35H31ClN2O4. The topological polar surface area (TPSA) is 88.5 Å². The van der Waals surface area contributed by atoms with Crippen molar-refractivity contribution in [2.45, 2.75) is 38.5 Å². The van der Waals surface area contributed by atoms with Crippen LogP contribution in [0.15, 0.2) is 72.9 Å². The van der Waals surface area contributed by atoms with E-state index >= 15 is 0 Å². The molecule has 42 heavy (non-hydrogen) atoms. The second-order valence-electron chi connectivity index (χ2n) is 10.5. The Balaban J connectivity index is 1.25. The number of ketones is 1. The summed E-state index contributed by atoms with van der Waals surface area (Å²) in [4.78, 5) is 31.1. The third kappa shape index (κ3) is 5.48. The fourth-order valence-corrected chi connectivity index (χ4v) is 6.13. The zero-order valence-electron chi connectivity index (χ0n) is 23.2. The summed E-state index contributed by atoms with van der Waals surface area (Å²) < 4.78 is 5.75. The number of fused-ring (bicyclic) bond motifs is 4. The molecule has 0 saturated carbocycles. The second-order valence-corrected chi connectivity index (χ2v) is 11.0. The van der Waals surface area contributed by atoms with Crippen molar-refractivity contribution in [2.75, 3.05) is 18.5 Å². The van der Waals surface area contributed by atoms with Gasteiger partial charge in [-0.15, -0.1) is 0 Å². The molecule has 2 aliphatic carbocycles. The fourth-order valence-electron chi connectivity index (χ4n) is 5.88. The molecule has 1 aromatic heterocycles. The van der Waals surface area contributed by atoms with Crippen LogP contribution in [0.1, 0.15) is 57.5 Å². The van der Waals surface area contributed by atoms with Gasteiger partial charge in [-0.2, -0.15) is 0 Å². The van der Waals surface area contributed by atoms with E-state index in [0.717, 1.165) is 45.5 Å². The largest absolute Gasteiger partial charge is 0.493 e. The van der Waals surface area contributed by atoms with Gasteiger partial charge in [0.15, 0.2) is 5.78 Å². The van der Waals surface area contributed by atoms with Gasteiger partial charge in [-0.1, -0.05) is 54.1 Å². The maximum atomic E-state index is 13.7. The summed E-state index contributed by atoms with van der Waals surface area (Å²) in [5.41, 5.74) is 4.22. The predicted octanol–water partition coefficient (Wildman–Crippen LogP) is 5.13. The van der Waals surface area contributed by atoms with Crippen molar-refractivity contribution in [3.63, 3.8) is 0 Å². The number of unbranched alkanes of at least 4 members (excludes halogenated alkanes) is 1. The number of halogens is 1. The van der Waals surface area contributed by atoms with Crippen LogP contribution in [0.3, 0.4) is 0 Å². The Kier molecular flexibility index (Phi) is 8.17. The molecule has 6 nitrogen and oxygen atoms in total. The highest BCUT2D eigenvalue weighted by molar-refractivity contribution is 6.30. The standard InChI is InChI=1S/C35H31ClN2O4/c36-31-11-6-9-24-26-14-15-27-23(25(26)16-17-28(24)31)8-5-10-29(27)34(40)22-13-18-33(37-21-22)38-35(41)30-7-1-2-12-32(30)42-20-4-3-19-39/h1-2,6-7,9,11-15,17-18,21,39H,3-5,8,10,16,19-20H2,(H,37,38,41).